The first kappa shape index (κ1) is 15.2. The van der Waals surface area contributed by atoms with E-state index in [1.54, 1.807) is 18.3 Å². The zero-order valence-electron chi connectivity index (χ0n) is 12.5. The third kappa shape index (κ3) is 3.73. The third-order valence-electron chi connectivity index (χ3n) is 3.26. The van der Waals surface area contributed by atoms with Crippen LogP contribution in [-0.2, 0) is 4.79 Å². The number of thiophene rings is 1. The molecule has 2 amide bonds. The zero-order chi connectivity index (χ0) is 16.2. The number of nitrogens with zero attached hydrogens (tertiary/aromatic N) is 1. The minimum Gasteiger partial charge on any atom is -0.342 e. The molecule has 3 rings (SSSR count). The van der Waals surface area contributed by atoms with E-state index in [-0.39, 0.29) is 18.4 Å². The lowest BCUT2D eigenvalue weighted by atomic mass is 10.2. The molecule has 0 aliphatic rings. The normalized spacial score (nSPS) is 10.5. The maximum Gasteiger partial charge on any atom is 0.261 e. The SMILES string of the molecule is Cc1ccc(C(=O)NCC(=O)Nc2ccc3ncccc3c2)s1. The molecule has 0 bridgehead atoms. The van der Waals surface area contributed by atoms with Crippen molar-refractivity contribution < 1.29 is 9.59 Å². The Morgan fingerprint density at radius 1 is 1.17 bits per heavy atom. The second-order valence-electron chi connectivity index (χ2n) is 5.05. The number of benzene rings is 1. The highest BCUT2D eigenvalue weighted by Gasteiger charge is 2.10. The third-order valence-corrected chi connectivity index (χ3v) is 4.26. The number of hydrogen-bond donors (Lipinski definition) is 2. The van der Waals surface area contributed by atoms with E-state index in [1.807, 2.05) is 37.3 Å². The van der Waals surface area contributed by atoms with Gasteiger partial charge in [-0.05, 0) is 43.3 Å². The van der Waals surface area contributed by atoms with Crippen molar-refractivity contribution in [1.82, 2.24) is 10.3 Å². The minimum absolute atomic E-state index is 0.0686. The van der Waals surface area contributed by atoms with Gasteiger partial charge < -0.3 is 10.6 Å². The molecule has 23 heavy (non-hydrogen) atoms. The number of nitrogens with one attached hydrogen (secondary N) is 2. The van der Waals surface area contributed by atoms with Crippen LogP contribution >= 0.6 is 11.3 Å². The summed E-state index contributed by atoms with van der Waals surface area (Å²) in [5.41, 5.74) is 1.54. The van der Waals surface area contributed by atoms with Crippen molar-refractivity contribution >= 4 is 39.7 Å². The summed E-state index contributed by atoms with van der Waals surface area (Å²) in [6.45, 7) is 1.86. The Morgan fingerprint density at radius 2 is 2.04 bits per heavy atom. The lowest BCUT2D eigenvalue weighted by Crippen LogP contribution is -2.32. The second-order valence-corrected chi connectivity index (χ2v) is 6.34. The van der Waals surface area contributed by atoms with Gasteiger partial charge in [0.1, 0.15) is 0 Å². The van der Waals surface area contributed by atoms with E-state index in [1.165, 1.54) is 11.3 Å². The number of amides is 2. The molecule has 2 aromatic heterocycles. The molecule has 0 fully saturated rings. The van der Waals surface area contributed by atoms with Crippen molar-refractivity contribution in [1.29, 1.82) is 0 Å². The topological polar surface area (TPSA) is 71.1 Å². The van der Waals surface area contributed by atoms with Crippen LogP contribution in [0.2, 0.25) is 0 Å². The largest absolute Gasteiger partial charge is 0.342 e. The Hall–Kier alpha value is -2.73. The number of aryl methyl sites for hydroxylation is 1. The number of aromatic nitrogens is 1. The summed E-state index contributed by atoms with van der Waals surface area (Å²) in [7, 11) is 0. The summed E-state index contributed by atoms with van der Waals surface area (Å²) >= 11 is 1.40. The van der Waals surface area contributed by atoms with Crippen molar-refractivity contribution in [3.63, 3.8) is 0 Å². The molecule has 0 saturated carbocycles. The van der Waals surface area contributed by atoms with Crippen molar-refractivity contribution in [2.75, 3.05) is 11.9 Å². The van der Waals surface area contributed by atoms with Gasteiger partial charge in [0.2, 0.25) is 5.91 Å². The average molecular weight is 325 g/mol. The van der Waals surface area contributed by atoms with Gasteiger partial charge in [0.15, 0.2) is 0 Å². The van der Waals surface area contributed by atoms with Gasteiger partial charge in [-0.2, -0.15) is 0 Å². The Bertz CT molecular complexity index is 873. The fourth-order valence-corrected chi connectivity index (χ4v) is 2.95. The molecule has 0 spiro atoms. The van der Waals surface area contributed by atoms with Crippen LogP contribution in [0.5, 0.6) is 0 Å². The summed E-state index contributed by atoms with van der Waals surface area (Å²) in [5, 5.41) is 6.33. The molecule has 2 N–H and O–H groups in total. The van der Waals surface area contributed by atoms with Gasteiger partial charge in [-0.3, -0.25) is 14.6 Å². The molecule has 2 heterocycles. The average Bonchev–Trinajstić information content (AvgIpc) is 2.99. The van der Waals surface area contributed by atoms with Crippen molar-refractivity contribution in [3.05, 3.63) is 58.4 Å². The number of carbonyl (C=O) groups is 2. The van der Waals surface area contributed by atoms with Gasteiger partial charge >= 0.3 is 0 Å². The van der Waals surface area contributed by atoms with Crippen LogP contribution in [-0.4, -0.2) is 23.3 Å². The van der Waals surface area contributed by atoms with Crippen LogP contribution < -0.4 is 10.6 Å². The smallest absolute Gasteiger partial charge is 0.261 e. The van der Waals surface area contributed by atoms with Crippen molar-refractivity contribution in [3.8, 4) is 0 Å². The Morgan fingerprint density at radius 3 is 2.83 bits per heavy atom. The van der Waals surface area contributed by atoms with E-state index in [9.17, 15) is 9.59 Å². The number of hydrogen-bond acceptors (Lipinski definition) is 4. The van der Waals surface area contributed by atoms with Gasteiger partial charge in [0.25, 0.3) is 5.91 Å². The van der Waals surface area contributed by atoms with Gasteiger partial charge in [-0.25, -0.2) is 0 Å². The molecule has 1 aromatic carbocycles. The molecule has 0 aliphatic carbocycles. The van der Waals surface area contributed by atoms with Crippen molar-refractivity contribution in [2.24, 2.45) is 0 Å². The predicted molar refractivity (Wildman–Crippen MR) is 91.8 cm³/mol. The highest BCUT2D eigenvalue weighted by Crippen LogP contribution is 2.17. The van der Waals surface area contributed by atoms with E-state index in [0.29, 0.717) is 10.6 Å². The maximum absolute atomic E-state index is 12.0. The predicted octanol–water partition coefficient (Wildman–Crippen LogP) is 2.97. The van der Waals surface area contributed by atoms with E-state index in [2.05, 4.69) is 15.6 Å². The molecule has 0 aliphatic heterocycles. The second kappa shape index (κ2) is 6.58. The van der Waals surface area contributed by atoms with Crippen LogP contribution in [0.15, 0.2) is 48.7 Å². The summed E-state index contributed by atoms with van der Waals surface area (Å²) in [4.78, 5) is 29.7. The molecule has 0 radical (unpaired) electrons. The summed E-state index contributed by atoms with van der Waals surface area (Å²) in [6.07, 6.45) is 1.72. The molecule has 5 nitrogen and oxygen atoms in total. The van der Waals surface area contributed by atoms with Crippen LogP contribution in [0, 0.1) is 6.92 Å². The monoisotopic (exact) mass is 325 g/mol. The standard InChI is InChI=1S/C17H15N3O2S/c1-11-4-7-15(23-11)17(22)19-10-16(21)20-13-5-6-14-12(9-13)3-2-8-18-14/h2-9H,10H2,1H3,(H,19,22)(H,20,21). The van der Waals surface area contributed by atoms with Crippen molar-refractivity contribution in [2.45, 2.75) is 6.92 Å². The number of pyridine rings is 1. The molecule has 6 heteroatoms. The number of carbonyl (C=O) groups excluding carboxylic acids is 2. The highest BCUT2D eigenvalue weighted by molar-refractivity contribution is 7.13. The zero-order valence-corrected chi connectivity index (χ0v) is 13.3. The van der Waals surface area contributed by atoms with Gasteiger partial charge in [0, 0.05) is 22.1 Å². The molecule has 0 atom stereocenters. The van der Waals surface area contributed by atoms with Crippen LogP contribution in [0.4, 0.5) is 5.69 Å². The number of fused-ring (bicyclic) bond motifs is 1. The Labute approximate surface area is 137 Å². The molecule has 0 saturated heterocycles. The lowest BCUT2D eigenvalue weighted by Gasteiger charge is -2.07. The first-order valence-electron chi connectivity index (χ1n) is 7.11. The molecule has 116 valence electrons. The molecule has 0 unspecified atom stereocenters. The van der Waals surface area contributed by atoms with Crippen LogP contribution in [0.1, 0.15) is 14.5 Å². The van der Waals surface area contributed by atoms with E-state index in [4.69, 9.17) is 0 Å². The van der Waals surface area contributed by atoms with Crippen LogP contribution in [0.3, 0.4) is 0 Å². The Kier molecular flexibility index (Phi) is 4.34. The number of anilines is 1. The first-order chi connectivity index (χ1) is 11.1. The Balaban J connectivity index is 1.59. The van der Waals surface area contributed by atoms with Gasteiger partial charge in [0.05, 0.1) is 16.9 Å². The first-order valence-corrected chi connectivity index (χ1v) is 7.93. The summed E-state index contributed by atoms with van der Waals surface area (Å²) in [5.74, 6) is -0.504. The van der Waals surface area contributed by atoms with Gasteiger partial charge in [-0.15, -0.1) is 11.3 Å². The number of rotatable bonds is 4. The molecular weight excluding hydrogens is 310 g/mol. The van der Waals surface area contributed by atoms with E-state index >= 15 is 0 Å². The molecule has 3 aromatic rings. The quantitative estimate of drug-likeness (QED) is 0.775. The fourth-order valence-electron chi connectivity index (χ4n) is 2.16. The maximum atomic E-state index is 12.0. The molecular formula is C17H15N3O2S. The summed E-state index contributed by atoms with van der Waals surface area (Å²) in [6, 6.07) is 12.9. The van der Waals surface area contributed by atoms with E-state index in [0.717, 1.165) is 15.8 Å². The highest BCUT2D eigenvalue weighted by atomic mass is 32.1. The fraction of sp³-hybridized carbons (Fsp3) is 0.118. The lowest BCUT2D eigenvalue weighted by molar-refractivity contribution is -0.115. The van der Waals surface area contributed by atoms with Gasteiger partial charge in [-0.1, -0.05) is 6.07 Å². The van der Waals surface area contributed by atoms with E-state index < -0.39 is 0 Å². The van der Waals surface area contributed by atoms with Crippen LogP contribution in [0.25, 0.3) is 10.9 Å². The summed E-state index contributed by atoms with van der Waals surface area (Å²) < 4.78 is 0. The minimum atomic E-state index is -0.269.